The van der Waals surface area contributed by atoms with Gasteiger partial charge in [-0.1, -0.05) is 24.3 Å². The van der Waals surface area contributed by atoms with Crippen molar-refractivity contribution in [2.45, 2.75) is 13.5 Å². The van der Waals surface area contributed by atoms with Crippen molar-refractivity contribution in [3.63, 3.8) is 0 Å². The fourth-order valence-corrected chi connectivity index (χ4v) is 2.65. The predicted molar refractivity (Wildman–Crippen MR) is 94.4 cm³/mol. The molecule has 0 aliphatic rings. The number of rotatable bonds is 6. The molecule has 6 heteroatoms. The second-order valence-electron chi connectivity index (χ2n) is 5.77. The molecule has 0 unspecified atom stereocenters. The highest BCUT2D eigenvalue weighted by Gasteiger charge is 2.18. The van der Waals surface area contributed by atoms with Crippen LogP contribution in [0.15, 0.2) is 61.2 Å². The number of pyridine rings is 1. The summed E-state index contributed by atoms with van der Waals surface area (Å²) in [4.78, 5) is 18.5. The number of hydrogen-bond donors (Lipinski definition) is 1. The van der Waals surface area contributed by atoms with Crippen molar-refractivity contribution in [3.8, 4) is 5.69 Å². The molecule has 1 aromatic carbocycles. The summed E-state index contributed by atoms with van der Waals surface area (Å²) < 4.78 is 1.70. The van der Waals surface area contributed by atoms with Crippen LogP contribution in [0.3, 0.4) is 0 Å². The Labute approximate surface area is 146 Å². The third kappa shape index (κ3) is 3.92. The summed E-state index contributed by atoms with van der Waals surface area (Å²) in [5.41, 5.74) is 3.41. The van der Waals surface area contributed by atoms with Crippen molar-refractivity contribution < 1.29 is 9.90 Å². The van der Waals surface area contributed by atoms with Crippen LogP contribution in [-0.4, -0.2) is 43.8 Å². The molecule has 2 heterocycles. The Morgan fingerprint density at radius 2 is 2.04 bits per heavy atom. The van der Waals surface area contributed by atoms with E-state index in [2.05, 4.69) is 10.1 Å². The van der Waals surface area contributed by atoms with Gasteiger partial charge in [-0.3, -0.25) is 9.78 Å². The summed E-state index contributed by atoms with van der Waals surface area (Å²) in [6.07, 6.45) is 6.68. The molecule has 0 radical (unpaired) electrons. The summed E-state index contributed by atoms with van der Waals surface area (Å²) >= 11 is 0. The van der Waals surface area contributed by atoms with Gasteiger partial charge in [0, 0.05) is 31.7 Å². The molecular formula is C19H20N4O2. The molecule has 1 N–H and O–H groups in total. The predicted octanol–water partition coefficient (Wildman–Crippen LogP) is 2.21. The summed E-state index contributed by atoms with van der Waals surface area (Å²) in [6.45, 7) is 2.54. The average molecular weight is 336 g/mol. The largest absolute Gasteiger partial charge is 0.395 e. The number of aliphatic hydroxyl groups excluding tert-OH is 1. The standard InChI is InChI=1S/C19H20N4O2/c1-15-5-2-3-7-18(15)23-14-17(12-21-23)19(25)22(9-10-24)13-16-6-4-8-20-11-16/h2-8,11-12,14,24H,9-10,13H2,1H3. The van der Waals surface area contributed by atoms with Gasteiger partial charge in [-0.15, -0.1) is 0 Å². The number of carbonyl (C=O) groups is 1. The van der Waals surface area contributed by atoms with E-state index in [1.54, 1.807) is 34.4 Å². The minimum Gasteiger partial charge on any atom is -0.395 e. The zero-order valence-corrected chi connectivity index (χ0v) is 14.0. The number of amides is 1. The fraction of sp³-hybridized carbons (Fsp3) is 0.211. The van der Waals surface area contributed by atoms with Gasteiger partial charge in [0.2, 0.25) is 0 Å². The van der Waals surface area contributed by atoms with E-state index < -0.39 is 0 Å². The Kier molecular flexibility index (Phi) is 5.20. The highest BCUT2D eigenvalue weighted by atomic mass is 16.3. The molecule has 0 fully saturated rings. The Morgan fingerprint density at radius 3 is 2.76 bits per heavy atom. The van der Waals surface area contributed by atoms with Gasteiger partial charge in [-0.05, 0) is 30.2 Å². The van der Waals surface area contributed by atoms with Crippen molar-refractivity contribution in [2.24, 2.45) is 0 Å². The minimum atomic E-state index is -0.169. The van der Waals surface area contributed by atoms with Crippen molar-refractivity contribution in [1.82, 2.24) is 19.7 Å². The zero-order valence-electron chi connectivity index (χ0n) is 14.0. The molecule has 0 bridgehead atoms. The molecular weight excluding hydrogens is 316 g/mol. The SMILES string of the molecule is Cc1ccccc1-n1cc(C(=O)N(CCO)Cc2cccnc2)cn1. The second-order valence-corrected chi connectivity index (χ2v) is 5.77. The van der Waals surface area contributed by atoms with Gasteiger partial charge >= 0.3 is 0 Å². The molecule has 3 aromatic rings. The molecule has 3 rings (SSSR count). The summed E-state index contributed by atoms with van der Waals surface area (Å²) in [5, 5.41) is 13.6. The number of hydrogen-bond acceptors (Lipinski definition) is 4. The van der Waals surface area contributed by atoms with Crippen LogP contribution in [0.5, 0.6) is 0 Å². The quantitative estimate of drug-likeness (QED) is 0.749. The number of carbonyl (C=O) groups excluding carboxylic acids is 1. The van der Waals surface area contributed by atoms with Crippen LogP contribution in [0.1, 0.15) is 21.5 Å². The maximum atomic E-state index is 12.8. The highest BCUT2D eigenvalue weighted by Crippen LogP contribution is 2.15. The van der Waals surface area contributed by atoms with E-state index in [-0.39, 0.29) is 19.1 Å². The van der Waals surface area contributed by atoms with E-state index in [0.29, 0.717) is 12.1 Å². The van der Waals surface area contributed by atoms with Crippen LogP contribution >= 0.6 is 0 Å². The maximum absolute atomic E-state index is 12.8. The number of aliphatic hydroxyl groups is 1. The first kappa shape index (κ1) is 16.9. The average Bonchev–Trinajstić information content (AvgIpc) is 3.12. The van der Waals surface area contributed by atoms with Crippen LogP contribution in [0.2, 0.25) is 0 Å². The van der Waals surface area contributed by atoms with E-state index in [9.17, 15) is 9.90 Å². The number of benzene rings is 1. The van der Waals surface area contributed by atoms with Crippen LogP contribution < -0.4 is 0 Å². The number of aromatic nitrogens is 3. The number of aryl methyl sites for hydroxylation is 1. The smallest absolute Gasteiger partial charge is 0.257 e. The minimum absolute atomic E-state index is 0.0993. The molecule has 0 saturated carbocycles. The van der Waals surface area contributed by atoms with Crippen LogP contribution in [0, 0.1) is 6.92 Å². The molecule has 0 spiro atoms. The highest BCUT2D eigenvalue weighted by molar-refractivity contribution is 5.93. The van der Waals surface area contributed by atoms with Crippen LogP contribution in [0.25, 0.3) is 5.69 Å². The molecule has 128 valence electrons. The Bertz CT molecular complexity index is 845. The lowest BCUT2D eigenvalue weighted by Gasteiger charge is -2.21. The van der Waals surface area contributed by atoms with Crippen molar-refractivity contribution in [2.75, 3.05) is 13.2 Å². The normalized spacial score (nSPS) is 10.6. The Morgan fingerprint density at radius 1 is 1.20 bits per heavy atom. The van der Waals surface area contributed by atoms with Gasteiger partial charge in [-0.2, -0.15) is 5.10 Å². The van der Waals surface area contributed by atoms with Gasteiger partial charge < -0.3 is 10.0 Å². The molecule has 25 heavy (non-hydrogen) atoms. The van der Waals surface area contributed by atoms with E-state index in [1.165, 1.54) is 0 Å². The first-order chi connectivity index (χ1) is 12.2. The van der Waals surface area contributed by atoms with Crippen molar-refractivity contribution in [1.29, 1.82) is 0 Å². The monoisotopic (exact) mass is 336 g/mol. The van der Waals surface area contributed by atoms with Crippen molar-refractivity contribution >= 4 is 5.91 Å². The van der Waals surface area contributed by atoms with Gasteiger partial charge in [0.05, 0.1) is 24.1 Å². The Hall–Kier alpha value is -2.99. The zero-order chi connectivity index (χ0) is 17.6. The fourth-order valence-electron chi connectivity index (χ4n) is 2.65. The molecule has 0 aliphatic heterocycles. The van der Waals surface area contributed by atoms with Gasteiger partial charge in [0.15, 0.2) is 0 Å². The van der Waals surface area contributed by atoms with Crippen LogP contribution in [-0.2, 0) is 6.54 Å². The second kappa shape index (κ2) is 7.72. The lowest BCUT2D eigenvalue weighted by Crippen LogP contribution is -2.33. The summed E-state index contributed by atoms with van der Waals surface area (Å²) in [7, 11) is 0. The molecule has 2 aromatic heterocycles. The van der Waals surface area contributed by atoms with E-state index >= 15 is 0 Å². The lowest BCUT2D eigenvalue weighted by atomic mass is 10.2. The molecule has 6 nitrogen and oxygen atoms in total. The summed E-state index contributed by atoms with van der Waals surface area (Å²) in [6, 6.07) is 11.6. The van der Waals surface area contributed by atoms with Gasteiger partial charge in [0.25, 0.3) is 5.91 Å². The number of nitrogens with zero attached hydrogens (tertiary/aromatic N) is 4. The van der Waals surface area contributed by atoms with Crippen molar-refractivity contribution in [3.05, 3.63) is 77.9 Å². The molecule has 0 atom stereocenters. The Balaban J connectivity index is 1.82. The third-order valence-corrected chi connectivity index (χ3v) is 3.95. The molecule has 0 saturated heterocycles. The maximum Gasteiger partial charge on any atom is 0.257 e. The van der Waals surface area contributed by atoms with Gasteiger partial charge in [0.1, 0.15) is 0 Å². The van der Waals surface area contributed by atoms with Crippen LogP contribution in [0.4, 0.5) is 0 Å². The summed E-state index contributed by atoms with van der Waals surface area (Å²) in [5.74, 6) is -0.169. The number of para-hydroxylation sites is 1. The third-order valence-electron chi connectivity index (χ3n) is 3.95. The first-order valence-electron chi connectivity index (χ1n) is 8.09. The lowest BCUT2D eigenvalue weighted by molar-refractivity contribution is 0.0707. The van der Waals surface area contributed by atoms with E-state index in [1.807, 2.05) is 43.3 Å². The van der Waals surface area contributed by atoms with Gasteiger partial charge in [-0.25, -0.2) is 4.68 Å². The first-order valence-corrected chi connectivity index (χ1v) is 8.09. The molecule has 0 aliphatic carbocycles. The van der Waals surface area contributed by atoms with E-state index in [4.69, 9.17) is 0 Å². The van der Waals surface area contributed by atoms with E-state index in [0.717, 1.165) is 16.8 Å². The topological polar surface area (TPSA) is 71.2 Å². The molecule has 1 amide bonds.